The van der Waals surface area contributed by atoms with Crippen molar-refractivity contribution in [2.45, 2.75) is 37.1 Å². The van der Waals surface area contributed by atoms with Gasteiger partial charge in [-0.05, 0) is 29.6 Å². The average molecular weight is 429 g/mol. The fourth-order valence-corrected chi connectivity index (χ4v) is 6.33. The lowest BCUT2D eigenvalue weighted by Crippen LogP contribution is -2.43. The highest BCUT2D eigenvalue weighted by Gasteiger charge is 2.46. The summed E-state index contributed by atoms with van der Waals surface area (Å²) in [5.41, 5.74) is 3.56. The van der Waals surface area contributed by atoms with Crippen LogP contribution in [0.25, 0.3) is 11.1 Å². The molecule has 1 spiro atoms. The largest absolute Gasteiger partial charge is 0.493 e. The summed E-state index contributed by atoms with van der Waals surface area (Å²) in [6, 6.07) is 6.00. The molecule has 30 heavy (non-hydrogen) atoms. The number of aromatic nitrogens is 1. The highest BCUT2D eigenvalue weighted by molar-refractivity contribution is 7.91. The molecule has 0 aliphatic carbocycles. The molecule has 3 aliphatic heterocycles. The van der Waals surface area contributed by atoms with E-state index in [9.17, 15) is 13.4 Å². The summed E-state index contributed by atoms with van der Waals surface area (Å²) >= 11 is 0. The van der Waals surface area contributed by atoms with Gasteiger partial charge in [0, 0.05) is 55.3 Å². The van der Waals surface area contributed by atoms with E-state index < -0.39 is 22.6 Å². The third-order valence-electron chi connectivity index (χ3n) is 6.52. The number of rotatable bonds is 3. The van der Waals surface area contributed by atoms with Crippen LogP contribution in [-0.4, -0.2) is 56.4 Å². The molecule has 1 aromatic heterocycles. The Kier molecular flexibility index (Phi) is 4.80. The summed E-state index contributed by atoms with van der Waals surface area (Å²) in [4.78, 5) is 4.43. The fraction of sp³-hybridized carbons (Fsp3) is 0.476. The van der Waals surface area contributed by atoms with Crippen molar-refractivity contribution in [3.8, 4) is 22.6 Å². The Hall–Kier alpha value is -2.10. The molecule has 4 heterocycles. The minimum atomic E-state index is -2.98. The molecule has 158 valence electrons. The van der Waals surface area contributed by atoms with Crippen LogP contribution in [-0.2, 0) is 20.9 Å². The van der Waals surface area contributed by atoms with Gasteiger partial charge < -0.3 is 19.2 Å². The summed E-state index contributed by atoms with van der Waals surface area (Å²) in [5.74, 6) is 1.79. The molecule has 0 bridgehead atoms. The first-order chi connectivity index (χ1) is 14.4. The summed E-state index contributed by atoms with van der Waals surface area (Å²) < 4.78 is 41.1. The van der Waals surface area contributed by atoms with Crippen molar-refractivity contribution in [2.24, 2.45) is 0 Å². The van der Waals surface area contributed by atoms with Crippen LogP contribution in [0.4, 0.5) is 0 Å². The average Bonchev–Trinajstić information content (AvgIpc) is 3.34. The molecule has 3 aliphatic rings. The van der Waals surface area contributed by atoms with Gasteiger partial charge in [0.15, 0.2) is 21.3 Å². The summed E-state index contributed by atoms with van der Waals surface area (Å²) in [6.45, 7) is 0.480. The van der Waals surface area contributed by atoms with E-state index in [1.165, 1.54) is 0 Å². The number of hydrogen-bond acceptors (Lipinski definition) is 7. The minimum absolute atomic E-state index is 0.116. The maximum atomic E-state index is 11.9. The van der Waals surface area contributed by atoms with Gasteiger partial charge in [0.2, 0.25) is 0 Å². The van der Waals surface area contributed by atoms with Crippen molar-refractivity contribution < 1.29 is 27.6 Å². The van der Waals surface area contributed by atoms with E-state index in [1.54, 1.807) is 7.11 Å². The normalized spacial score (nSPS) is 23.9. The van der Waals surface area contributed by atoms with Gasteiger partial charge in [-0.15, -0.1) is 0 Å². The number of fused-ring (bicyclic) bond motifs is 1. The first-order valence-corrected chi connectivity index (χ1v) is 12.0. The van der Waals surface area contributed by atoms with E-state index in [2.05, 4.69) is 11.1 Å². The molecular formula is C21H24BNO6S. The Morgan fingerprint density at radius 3 is 2.77 bits per heavy atom. The minimum Gasteiger partial charge on any atom is -0.493 e. The first kappa shape index (κ1) is 19.8. The predicted molar refractivity (Wildman–Crippen MR) is 113 cm³/mol. The van der Waals surface area contributed by atoms with Gasteiger partial charge in [0.05, 0.1) is 18.6 Å². The smallest absolute Gasteiger partial charge is 0.454 e. The predicted octanol–water partition coefficient (Wildman–Crippen LogP) is 2.23. The quantitative estimate of drug-likeness (QED) is 0.748. The lowest BCUT2D eigenvalue weighted by atomic mass is 9.79. The van der Waals surface area contributed by atoms with Crippen LogP contribution >= 0.6 is 0 Å². The summed E-state index contributed by atoms with van der Waals surface area (Å²) in [6.07, 6.45) is 5.84. The number of sulfone groups is 1. The molecule has 0 saturated carbocycles. The van der Waals surface area contributed by atoms with Crippen molar-refractivity contribution in [1.29, 1.82) is 0 Å². The molecule has 0 radical (unpaired) electrons. The van der Waals surface area contributed by atoms with E-state index in [-0.39, 0.29) is 17.4 Å². The zero-order valence-corrected chi connectivity index (χ0v) is 17.7. The van der Waals surface area contributed by atoms with Crippen molar-refractivity contribution in [1.82, 2.24) is 4.98 Å². The number of hydrogen-bond donors (Lipinski definition) is 1. The second-order valence-electron chi connectivity index (χ2n) is 8.46. The lowest BCUT2D eigenvalue weighted by molar-refractivity contribution is 0.0804. The number of nitrogens with zero attached hydrogens (tertiary/aromatic N) is 1. The van der Waals surface area contributed by atoms with Crippen LogP contribution in [0.15, 0.2) is 30.6 Å². The number of pyridine rings is 1. The van der Waals surface area contributed by atoms with Crippen molar-refractivity contribution in [3.63, 3.8) is 0 Å². The number of benzene rings is 1. The standard InChI is InChI=1S/C21H24BNO6S/c1-27-19-3-2-17(15-8-14(11-23-12-15)16-10-22(24)28-13-16)18-9-21(29-20(18)19)4-6-30(25,26)7-5-21/h2-3,8,11-12,16,24H,4-7,9-10,13H2,1H3. The zero-order valence-electron chi connectivity index (χ0n) is 16.8. The van der Waals surface area contributed by atoms with Crippen LogP contribution in [0.1, 0.15) is 29.9 Å². The van der Waals surface area contributed by atoms with Gasteiger partial charge in [-0.3, -0.25) is 4.98 Å². The first-order valence-electron chi connectivity index (χ1n) is 10.2. The Labute approximate surface area is 176 Å². The Morgan fingerprint density at radius 1 is 1.27 bits per heavy atom. The molecule has 2 saturated heterocycles. The number of ether oxygens (including phenoxy) is 2. The highest BCUT2D eigenvalue weighted by atomic mass is 32.2. The van der Waals surface area contributed by atoms with Gasteiger partial charge in [-0.1, -0.05) is 6.07 Å². The number of methoxy groups -OCH3 is 1. The molecular weight excluding hydrogens is 405 g/mol. The van der Waals surface area contributed by atoms with Gasteiger partial charge in [-0.25, -0.2) is 8.42 Å². The molecule has 1 N–H and O–H groups in total. The van der Waals surface area contributed by atoms with Crippen molar-refractivity contribution >= 4 is 17.0 Å². The molecule has 7 nitrogen and oxygen atoms in total. The summed E-state index contributed by atoms with van der Waals surface area (Å²) in [7, 11) is -2.09. The third-order valence-corrected chi connectivity index (χ3v) is 8.17. The van der Waals surface area contributed by atoms with Crippen molar-refractivity contribution in [2.75, 3.05) is 25.2 Å². The molecule has 1 aromatic carbocycles. The van der Waals surface area contributed by atoms with Gasteiger partial charge >= 0.3 is 7.12 Å². The second kappa shape index (κ2) is 7.25. The van der Waals surface area contributed by atoms with Crippen molar-refractivity contribution in [3.05, 3.63) is 41.7 Å². The van der Waals surface area contributed by atoms with Crippen LogP contribution in [0, 0.1) is 0 Å². The van der Waals surface area contributed by atoms with Gasteiger partial charge in [0.25, 0.3) is 0 Å². The molecule has 5 rings (SSSR count). The molecule has 2 fully saturated rings. The zero-order chi connectivity index (χ0) is 20.9. The Bertz CT molecular complexity index is 1070. The lowest BCUT2D eigenvalue weighted by Gasteiger charge is -2.32. The maximum Gasteiger partial charge on any atom is 0.454 e. The fourth-order valence-electron chi connectivity index (χ4n) is 4.76. The van der Waals surface area contributed by atoms with Crippen LogP contribution < -0.4 is 9.47 Å². The molecule has 9 heteroatoms. The van der Waals surface area contributed by atoms with Crippen LogP contribution in [0.2, 0.25) is 6.32 Å². The van der Waals surface area contributed by atoms with Crippen LogP contribution in [0.5, 0.6) is 11.5 Å². The van der Waals surface area contributed by atoms with E-state index in [1.807, 2.05) is 24.5 Å². The molecule has 0 amide bonds. The SMILES string of the molecule is COc1ccc(-c2cncc(C3COB(O)C3)c2)c2c1OC1(CCS(=O)(=O)CC1)C2. The highest BCUT2D eigenvalue weighted by Crippen LogP contribution is 2.50. The van der Waals surface area contributed by atoms with E-state index in [4.69, 9.17) is 14.1 Å². The maximum absolute atomic E-state index is 11.9. The molecule has 1 atom stereocenters. The Morgan fingerprint density at radius 2 is 2.07 bits per heavy atom. The second-order valence-corrected chi connectivity index (χ2v) is 10.8. The van der Waals surface area contributed by atoms with Crippen LogP contribution in [0.3, 0.4) is 0 Å². The summed E-state index contributed by atoms with van der Waals surface area (Å²) in [5, 5.41) is 9.69. The van der Waals surface area contributed by atoms with Gasteiger partial charge in [0.1, 0.15) is 5.60 Å². The molecule has 1 unspecified atom stereocenters. The topological polar surface area (TPSA) is 94.9 Å². The van der Waals surface area contributed by atoms with E-state index in [0.29, 0.717) is 43.7 Å². The monoisotopic (exact) mass is 429 g/mol. The van der Waals surface area contributed by atoms with E-state index in [0.717, 1.165) is 22.3 Å². The van der Waals surface area contributed by atoms with Gasteiger partial charge in [-0.2, -0.15) is 0 Å². The Balaban J connectivity index is 1.51. The molecule has 2 aromatic rings. The van der Waals surface area contributed by atoms with E-state index >= 15 is 0 Å². The third kappa shape index (κ3) is 3.48.